The molecule has 0 saturated carbocycles. The average molecular weight is 446 g/mol. The first-order valence-electron chi connectivity index (χ1n) is 9.84. The summed E-state index contributed by atoms with van der Waals surface area (Å²) in [5.41, 5.74) is 0.953. The van der Waals surface area contributed by atoms with Crippen molar-refractivity contribution in [1.82, 2.24) is 14.8 Å². The third-order valence-electron chi connectivity index (χ3n) is 5.21. The topological polar surface area (TPSA) is 146 Å². The molecule has 2 aromatic heterocycles. The number of rotatable bonds is 5. The number of benzene rings is 2. The molecule has 4 rings (SSSR count). The minimum atomic E-state index is -0.755. The van der Waals surface area contributed by atoms with Crippen molar-refractivity contribution >= 4 is 34.0 Å². The highest BCUT2D eigenvalue weighted by Crippen LogP contribution is 2.30. The Bertz CT molecular complexity index is 1420. The van der Waals surface area contributed by atoms with Crippen LogP contribution >= 0.6 is 0 Å². The molecule has 0 atom stereocenters. The highest BCUT2D eigenvalue weighted by Gasteiger charge is 2.26. The second-order valence-electron chi connectivity index (χ2n) is 7.51. The average Bonchev–Trinajstić information content (AvgIpc) is 3.13. The lowest BCUT2D eigenvalue weighted by atomic mass is 10.1. The second kappa shape index (κ2) is 8.11. The summed E-state index contributed by atoms with van der Waals surface area (Å²) in [6.07, 6.45) is 0. The van der Waals surface area contributed by atoms with Crippen molar-refractivity contribution in [2.45, 2.75) is 20.8 Å². The molecule has 0 radical (unpaired) electrons. The third kappa shape index (κ3) is 3.99. The van der Waals surface area contributed by atoms with Gasteiger partial charge in [-0.3, -0.25) is 25.0 Å². The van der Waals surface area contributed by atoms with Gasteiger partial charge in [-0.1, -0.05) is 18.2 Å². The fourth-order valence-electron chi connectivity index (χ4n) is 3.59. The number of hydrogen-bond donors (Lipinski definition) is 1. The Morgan fingerprint density at radius 1 is 0.970 bits per heavy atom. The fourth-order valence-corrected chi connectivity index (χ4v) is 3.59. The molecule has 11 nitrogen and oxygen atoms in total. The van der Waals surface area contributed by atoms with Crippen LogP contribution in [0, 0.1) is 41.0 Å². The van der Waals surface area contributed by atoms with Crippen LogP contribution in [-0.4, -0.2) is 30.5 Å². The molecule has 0 saturated heterocycles. The number of nitrogens with zero attached hydrogens (tertiary/aromatic N) is 5. The van der Waals surface area contributed by atoms with E-state index in [0.29, 0.717) is 11.5 Å². The van der Waals surface area contributed by atoms with E-state index >= 15 is 0 Å². The quantitative estimate of drug-likeness (QED) is 0.353. The molecule has 2 heterocycles. The lowest BCUT2D eigenvalue weighted by Gasteiger charge is -2.11. The van der Waals surface area contributed by atoms with Gasteiger partial charge in [-0.05, 0) is 38.5 Å². The maximum atomic E-state index is 12.9. The molecule has 11 heteroatoms. The van der Waals surface area contributed by atoms with Crippen LogP contribution in [0.25, 0.3) is 16.7 Å². The van der Waals surface area contributed by atoms with Crippen molar-refractivity contribution in [2.75, 3.05) is 5.32 Å². The van der Waals surface area contributed by atoms with Gasteiger partial charge >= 0.3 is 0 Å². The number of aromatic nitrogens is 3. The van der Waals surface area contributed by atoms with Gasteiger partial charge in [0.1, 0.15) is 11.4 Å². The van der Waals surface area contributed by atoms with Gasteiger partial charge in [0.05, 0.1) is 26.6 Å². The van der Waals surface area contributed by atoms with Crippen LogP contribution in [0.1, 0.15) is 27.2 Å². The zero-order valence-electron chi connectivity index (χ0n) is 17.9. The number of pyridine rings is 1. The number of nitro groups is 2. The molecule has 0 aliphatic carbocycles. The van der Waals surface area contributed by atoms with E-state index in [2.05, 4.69) is 15.4 Å². The molecule has 0 spiro atoms. The van der Waals surface area contributed by atoms with E-state index in [1.165, 1.54) is 11.6 Å². The monoisotopic (exact) mass is 446 g/mol. The molecule has 0 aliphatic rings. The fraction of sp³-hybridized carbons (Fsp3) is 0.136. The number of anilines is 1. The van der Waals surface area contributed by atoms with Gasteiger partial charge in [-0.15, -0.1) is 0 Å². The van der Waals surface area contributed by atoms with E-state index in [1.54, 1.807) is 13.0 Å². The van der Waals surface area contributed by atoms with Crippen molar-refractivity contribution < 1.29 is 14.6 Å². The van der Waals surface area contributed by atoms with Gasteiger partial charge in [-0.25, -0.2) is 4.98 Å². The Hall–Kier alpha value is -4.67. The number of hydrogen-bond acceptors (Lipinski definition) is 7. The van der Waals surface area contributed by atoms with E-state index < -0.39 is 27.1 Å². The summed E-state index contributed by atoms with van der Waals surface area (Å²) in [6, 6.07) is 13.1. The summed E-state index contributed by atoms with van der Waals surface area (Å²) >= 11 is 0. The Balaban J connectivity index is 1.76. The number of carbonyl (C=O) groups excluding carboxylic acids is 1. The number of fused-ring (bicyclic) bond motifs is 1. The lowest BCUT2D eigenvalue weighted by molar-refractivity contribution is -0.395. The van der Waals surface area contributed by atoms with Crippen molar-refractivity contribution in [3.05, 3.63) is 91.1 Å². The summed E-state index contributed by atoms with van der Waals surface area (Å²) < 4.78 is 1.45. The van der Waals surface area contributed by atoms with Crippen LogP contribution in [0.4, 0.5) is 17.2 Å². The Kier molecular flexibility index (Phi) is 5.30. The van der Waals surface area contributed by atoms with Crippen LogP contribution in [0.5, 0.6) is 0 Å². The molecule has 2 aromatic carbocycles. The summed E-state index contributed by atoms with van der Waals surface area (Å²) in [4.78, 5) is 38.7. The molecular weight excluding hydrogens is 428 g/mol. The predicted octanol–water partition coefficient (Wildman–Crippen LogP) is 4.41. The van der Waals surface area contributed by atoms with E-state index in [-0.39, 0.29) is 16.9 Å². The van der Waals surface area contributed by atoms with Crippen LogP contribution < -0.4 is 5.32 Å². The van der Waals surface area contributed by atoms with E-state index in [4.69, 9.17) is 0 Å². The maximum absolute atomic E-state index is 12.9. The molecule has 4 aromatic rings. The molecular formula is C22H18N6O5. The number of nitrogens with one attached hydrogen (secondary N) is 1. The number of aryl methyl sites for hydroxylation is 2. The standard InChI is InChI=1S/C22H18N6O5/c1-12-8-20(23-17-7-5-4-6-16(12)17)26-21(9-13(2)25-26)24-22(29)15-10-18(27(30)31)14(3)19(11-15)28(32)33/h4-11H,1-3H3,(H,24,29). The zero-order valence-corrected chi connectivity index (χ0v) is 17.9. The number of carbonyl (C=O) groups is 1. The first-order valence-corrected chi connectivity index (χ1v) is 9.84. The first-order chi connectivity index (χ1) is 15.7. The van der Waals surface area contributed by atoms with E-state index in [1.807, 2.05) is 37.3 Å². The second-order valence-corrected chi connectivity index (χ2v) is 7.51. The van der Waals surface area contributed by atoms with Gasteiger partial charge in [0.25, 0.3) is 17.3 Å². The third-order valence-corrected chi connectivity index (χ3v) is 5.21. The molecule has 0 fully saturated rings. The summed E-state index contributed by atoms with van der Waals surface area (Å²) in [5.74, 6) is -0.0131. The molecule has 1 amide bonds. The minimum absolute atomic E-state index is 0.127. The minimum Gasteiger partial charge on any atom is -0.306 e. The molecule has 1 N–H and O–H groups in total. The smallest absolute Gasteiger partial charge is 0.279 e. The summed E-state index contributed by atoms with van der Waals surface area (Å²) in [5, 5.41) is 30.7. The number of nitro benzene ring substituents is 2. The van der Waals surface area contributed by atoms with Crippen molar-refractivity contribution in [2.24, 2.45) is 0 Å². The number of amides is 1. The van der Waals surface area contributed by atoms with Gasteiger partial charge in [0.2, 0.25) is 0 Å². The maximum Gasteiger partial charge on any atom is 0.279 e. The van der Waals surface area contributed by atoms with Crippen LogP contribution in [0.2, 0.25) is 0 Å². The van der Waals surface area contributed by atoms with E-state index in [9.17, 15) is 25.0 Å². The first kappa shape index (κ1) is 21.6. The summed E-state index contributed by atoms with van der Waals surface area (Å²) in [7, 11) is 0. The lowest BCUT2D eigenvalue weighted by Crippen LogP contribution is -2.16. The van der Waals surface area contributed by atoms with Crippen molar-refractivity contribution in [3.63, 3.8) is 0 Å². The Morgan fingerprint density at radius 2 is 1.61 bits per heavy atom. The number of para-hydroxylation sites is 1. The normalized spacial score (nSPS) is 10.9. The largest absolute Gasteiger partial charge is 0.306 e. The SMILES string of the molecule is Cc1cc(NC(=O)c2cc([N+](=O)[O-])c(C)c([N+](=O)[O-])c2)n(-c2cc(C)c3ccccc3n2)n1. The Morgan fingerprint density at radius 3 is 2.24 bits per heavy atom. The van der Waals surface area contributed by atoms with Crippen molar-refractivity contribution in [1.29, 1.82) is 0 Å². The van der Waals surface area contributed by atoms with Crippen LogP contribution in [0.3, 0.4) is 0 Å². The van der Waals surface area contributed by atoms with E-state index in [0.717, 1.165) is 28.6 Å². The highest BCUT2D eigenvalue weighted by molar-refractivity contribution is 6.05. The molecule has 166 valence electrons. The van der Waals surface area contributed by atoms with Crippen LogP contribution in [0.15, 0.2) is 48.5 Å². The van der Waals surface area contributed by atoms with Gasteiger partial charge < -0.3 is 5.32 Å². The van der Waals surface area contributed by atoms with Crippen molar-refractivity contribution in [3.8, 4) is 5.82 Å². The zero-order chi connectivity index (χ0) is 23.9. The van der Waals surface area contributed by atoms with Gasteiger partial charge in [0, 0.05) is 23.6 Å². The van der Waals surface area contributed by atoms with Gasteiger partial charge in [0.15, 0.2) is 5.82 Å². The highest BCUT2D eigenvalue weighted by atomic mass is 16.6. The van der Waals surface area contributed by atoms with Gasteiger partial charge in [-0.2, -0.15) is 9.78 Å². The molecule has 0 aliphatic heterocycles. The predicted molar refractivity (Wildman–Crippen MR) is 121 cm³/mol. The molecule has 0 unspecified atom stereocenters. The summed E-state index contributed by atoms with van der Waals surface area (Å²) in [6.45, 7) is 4.94. The van der Waals surface area contributed by atoms with Crippen LogP contribution in [-0.2, 0) is 0 Å². The molecule has 0 bridgehead atoms. The Labute approximate surface area is 187 Å². The molecule has 33 heavy (non-hydrogen) atoms.